The summed E-state index contributed by atoms with van der Waals surface area (Å²) in [5.41, 5.74) is -0.510. The van der Waals surface area contributed by atoms with Crippen LogP contribution < -0.4 is 5.90 Å². The van der Waals surface area contributed by atoms with Crippen LogP contribution in [-0.4, -0.2) is 17.7 Å². The molecule has 0 fully saturated rings. The summed E-state index contributed by atoms with van der Waals surface area (Å²) < 4.78 is 4.91. The van der Waals surface area contributed by atoms with Gasteiger partial charge in [-0.05, 0) is 27.7 Å². The van der Waals surface area contributed by atoms with Gasteiger partial charge in [0.1, 0.15) is 5.60 Å². The Morgan fingerprint density at radius 3 is 2.18 bits per heavy atom. The van der Waals surface area contributed by atoms with Gasteiger partial charge in [-0.2, -0.15) is 0 Å². The summed E-state index contributed by atoms with van der Waals surface area (Å²) in [4.78, 5) is 15.0. The third-order valence-electron chi connectivity index (χ3n) is 0.915. The molecule has 0 heterocycles. The summed E-state index contributed by atoms with van der Waals surface area (Å²) in [5.74, 6) is 5.94. The minimum atomic E-state index is -0.811. The van der Waals surface area contributed by atoms with E-state index < -0.39 is 17.7 Å². The first-order valence-electron chi connectivity index (χ1n) is 3.42. The lowest BCUT2D eigenvalue weighted by Crippen LogP contribution is -2.31. The quantitative estimate of drug-likeness (QED) is 0.446. The number of hydrogen-bond acceptors (Lipinski definition) is 3. The zero-order chi connectivity index (χ0) is 9.07. The maximum atomic E-state index is 10.9. The molecular formula is C7H14NO3. The van der Waals surface area contributed by atoms with Crippen LogP contribution in [0.4, 0.5) is 0 Å². The normalized spacial score (nSPS) is 14.3. The Morgan fingerprint density at radius 1 is 1.45 bits per heavy atom. The summed E-state index contributed by atoms with van der Waals surface area (Å²) in [7, 11) is 0. The fourth-order valence-electron chi connectivity index (χ4n) is 0.433. The van der Waals surface area contributed by atoms with Gasteiger partial charge in [-0.15, -0.1) is 5.90 Å². The molecule has 1 unspecified atom stereocenters. The van der Waals surface area contributed by atoms with Crippen molar-refractivity contribution in [3.8, 4) is 0 Å². The molecule has 0 saturated heterocycles. The first kappa shape index (κ1) is 10.4. The van der Waals surface area contributed by atoms with Crippen molar-refractivity contribution in [3.63, 3.8) is 0 Å². The molecule has 0 rings (SSSR count). The number of hydrogen-bond donors (Lipinski definition) is 0. The van der Waals surface area contributed by atoms with Gasteiger partial charge >= 0.3 is 5.97 Å². The van der Waals surface area contributed by atoms with Crippen LogP contribution in [0.1, 0.15) is 27.7 Å². The highest BCUT2D eigenvalue weighted by molar-refractivity contribution is 5.74. The third kappa shape index (κ3) is 4.75. The number of esters is 1. The molecule has 0 bridgehead atoms. The van der Waals surface area contributed by atoms with Crippen LogP contribution >= 0.6 is 0 Å². The van der Waals surface area contributed by atoms with Crippen LogP contribution in [0, 0.1) is 0 Å². The van der Waals surface area contributed by atoms with Gasteiger partial charge in [0.25, 0.3) is 0 Å². The molecule has 0 amide bonds. The molecule has 1 radical (unpaired) electrons. The number of carbonyl (C=O) groups is 1. The van der Waals surface area contributed by atoms with Gasteiger partial charge in [0.2, 0.25) is 0 Å². The zero-order valence-electron chi connectivity index (χ0n) is 7.30. The van der Waals surface area contributed by atoms with Crippen LogP contribution in [0.3, 0.4) is 0 Å². The Hall–Kier alpha value is -0.610. The predicted octanol–water partition coefficient (Wildman–Crippen LogP) is 0.931. The van der Waals surface area contributed by atoms with E-state index in [2.05, 4.69) is 4.84 Å². The van der Waals surface area contributed by atoms with E-state index in [0.717, 1.165) is 0 Å². The van der Waals surface area contributed by atoms with Crippen molar-refractivity contribution in [2.75, 3.05) is 0 Å². The second kappa shape index (κ2) is 3.69. The molecule has 4 heteroatoms. The molecule has 0 spiro atoms. The van der Waals surface area contributed by atoms with E-state index in [1.165, 1.54) is 6.92 Å². The average Bonchev–Trinajstić information content (AvgIpc) is 1.82. The van der Waals surface area contributed by atoms with E-state index in [9.17, 15) is 4.79 Å². The second-order valence-electron chi connectivity index (χ2n) is 3.29. The van der Waals surface area contributed by atoms with Gasteiger partial charge in [0.15, 0.2) is 6.10 Å². The highest BCUT2D eigenvalue weighted by Crippen LogP contribution is 2.08. The SMILES string of the molecule is CC(O[NH])C(=O)OC(C)(C)C. The van der Waals surface area contributed by atoms with Crippen molar-refractivity contribution in [3.05, 3.63) is 0 Å². The van der Waals surface area contributed by atoms with Crippen molar-refractivity contribution in [1.29, 1.82) is 0 Å². The minimum Gasteiger partial charge on any atom is -0.458 e. The molecule has 0 aliphatic heterocycles. The van der Waals surface area contributed by atoms with Crippen LogP contribution in [0.15, 0.2) is 0 Å². The molecule has 0 aliphatic carbocycles. The molecule has 0 aromatic carbocycles. The molecule has 1 atom stereocenters. The molecule has 0 aromatic rings. The fourth-order valence-corrected chi connectivity index (χ4v) is 0.433. The molecule has 4 nitrogen and oxygen atoms in total. The van der Waals surface area contributed by atoms with E-state index in [4.69, 9.17) is 10.6 Å². The Bertz CT molecular complexity index is 139. The molecule has 11 heavy (non-hydrogen) atoms. The Labute approximate surface area is 66.6 Å². The average molecular weight is 160 g/mol. The largest absolute Gasteiger partial charge is 0.458 e. The maximum absolute atomic E-state index is 10.9. The Morgan fingerprint density at radius 2 is 1.91 bits per heavy atom. The topological polar surface area (TPSA) is 59.3 Å². The molecule has 0 aromatic heterocycles. The number of ether oxygens (including phenoxy) is 1. The van der Waals surface area contributed by atoms with E-state index in [0.29, 0.717) is 0 Å². The van der Waals surface area contributed by atoms with Gasteiger partial charge in [-0.1, -0.05) is 0 Å². The highest BCUT2D eigenvalue weighted by atomic mass is 16.7. The summed E-state index contributed by atoms with van der Waals surface area (Å²) in [6, 6.07) is 0. The van der Waals surface area contributed by atoms with Crippen molar-refractivity contribution >= 4 is 5.97 Å². The van der Waals surface area contributed by atoms with Gasteiger partial charge in [-0.3, -0.25) is 4.84 Å². The number of rotatable bonds is 2. The van der Waals surface area contributed by atoms with E-state index >= 15 is 0 Å². The van der Waals surface area contributed by atoms with Crippen molar-refractivity contribution in [2.45, 2.75) is 39.4 Å². The molecule has 0 saturated carbocycles. The summed E-state index contributed by atoms with van der Waals surface area (Å²) >= 11 is 0. The van der Waals surface area contributed by atoms with Crippen LogP contribution in [0.25, 0.3) is 0 Å². The van der Waals surface area contributed by atoms with Gasteiger partial charge in [-0.25, -0.2) is 4.79 Å². The smallest absolute Gasteiger partial charge is 0.337 e. The van der Waals surface area contributed by atoms with Gasteiger partial charge in [0, 0.05) is 0 Å². The summed E-state index contributed by atoms with van der Waals surface area (Å²) in [6.07, 6.45) is -0.811. The molecular weight excluding hydrogens is 146 g/mol. The minimum absolute atomic E-state index is 0.507. The lowest BCUT2D eigenvalue weighted by Gasteiger charge is -2.20. The lowest BCUT2D eigenvalue weighted by atomic mass is 10.2. The summed E-state index contributed by atoms with van der Waals surface area (Å²) in [5, 5.41) is 0. The van der Waals surface area contributed by atoms with Crippen LogP contribution in [-0.2, 0) is 14.4 Å². The highest BCUT2D eigenvalue weighted by Gasteiger charge is 2.21. The number of carbonyl (C=O) groups excluding carboxylic acids is 1. The molecule has 1 N–H and O–H groups in total. The predicted molar refractivity (Wildman–Crippen MR) is 39.5 cm³/mol. The second-order valence-corrected chi connectivity index (χ2v) is 3.29. The van der Waals surface area contributed by atoms with Gasteiger partial charge in [0.05, 0.1) is 0 Å². The Balaban J connectivity index is 3.88. The van der Waals surface area contributed by atoms with Gasteiger partial charge < -0.3 is 4.74 Å². The van der Waals surface area contributed by atoms with Crippen molar-refractivity contribution < 1.29 is 14.4 Å². The zero-order valence-corrected chi connectivity index (χ0v) is 7.30. The van der Waals surface area contributed by atoms with E-state index in [1.54, 1.807) is 20.8 Å². The fraction of sp³-hybridized carbons (Fsp3) is 0.857. The van der Waals surface area contributed by atoms with Crippen molar-refractivity contribution in [2.24, 2.45) is 0 Å². The third-order valence-corrected chi connectivity index (χ3v) is 0.915. The first-order valence-corrected chi connectivity index (χ1v) is 3.42. The lowest BCUT2D eigenvalue weighted by molar-refractivity contribution is -0.168. The maximum Gasteiger partial charge on any atom is 0.337 e. The van der Waals surface area contributed by atoms with E-state index in [1.807, 2.05) is 0 Å². The van der Waals surface area contributed by atoms with Crippen LogP contribution in [0.2, 0.25) is 0 Å². The standard InChI is InChI=1S/C7H14NO3/c1-5(11-8)6(9)10-7(2,3)4/h5,8H,1-4H3. The van der Waals surface area contributed by atoms with E-state index in [-0.39, 0.29) is 0 Å². The Kier molecular flexibility index (Phi) is 3.48. The first-order chi connectivity index (χ1) is 4.87. The summed E-state index contributed by atoms with van der Waals surface area (Å²) in [6.45, 7) is 6.77. The molecule has 65 valence electrons. The number of nitrogens with one attached hydrogen (secondary N) is 1. The monoisotopic (exact) mass is 160 g/mol. The van der Waals surface area contributed by atoms with Crippen molar-refractivity contribution in [1.82, 2.24) is 5.90 Å². The van der Waals surface area contributed by atoms with Crippen LogP contribution in [0.5, 0.6) is 0 Å². The molecule has 0 aliphatic rings.